The molecule has 2 N–H and O–H groups in total. The normalized spacial score (nSPS) is 26.0. The Hall–Kier alpha value is -0.770. The lowest BCUT2D eigenvalue weighted by molar-refractivity contribution is 0.0514. The third kappa shape index (κ3) is 8.05. The van der Waals surface area contributed by atoms with Crippen LogP contribution in [0.3, 0.4) is 0 Å². The summed E-state index contributed by atoms with van der Waals surface area (Å²) in [4.78, 5) is 11.9. The second kappa shape index (κ2) is 7.87. The van der Waals surface area contributed by atoms with Crippen LogP contribution in [0.1, 0.15) is 74.7 Å². The van der Waals surface area contributed by atoms with E-state index in [0.717, 1.165) is 5.92 Å². The van der Waals surface area contributed by atoms with Gasteiger partial charge in [-0.25, -0.2) is 4.79 Å². The Morgan fingerprint density at radius 3 is 2.35 bits per heavy atom. The molecule has 0 saturated heterocycles. The maximum Gasteiger partial charge on any atom is 0.407 e. The number of rotatable bonds is 5. The van der Waals surface area contributed by atoms with E-state index in [-0.39, 0.29) is 12.1 Å². The minimum absolute atomic E-state index is 0.272. The van der Waals surface area contributed by atoms with Crippen LogP contribution in [0, 0.1) is 17.3 Å². The highest BCUT2D eigenvalue weighted by Gasteiger charge is 2.33. The van der Waals surface area contributed by atoms with E-state index in [2.05, 4.69) is 45.3 Å². The van der Waals surface area contributed by atoms with Crippen LogP contribution in [-0.4, -0.2) is 30.3 Å². The van der Waals surface area contributed by atoms with E-state index in [1.54, 1.807) is 0 Å². The summed E-state index contributed by atoms with van der Waals surface area (Å²) < 4.78 is 5.33. The Labute approximate surface area is 143 Å². The van der Waals surface area contributed by atoms with Crippen LogP contribution >= 0.6 is 0 Å². The highest BCUT2D eigenvalue weighted by Crippen LogP contribution is 2.38. The van der Waals surface area contributed by atoms with Gasteiger partial charge in [-0.15, -0.1) is 0 Å². The topological polar surface area (TPSA) is 50.4 Å². The van der Waals surface area contributed by atoms with E-state index >= 15 is 0 Å². The van der Waals surface area contributed by atoms with Gasteiger partial charge in [-0.2, -0.15) is 0 Å². The van der Waals surface area contributed by atoms with Gasteiger partial charge in [0.1, 0.15) is 5.60 Å². The molecule has 23 heavy (non-hydrogen) atoms. The van der Waals surface area contributed by atoms with Crippen molar-refractivity contribution >= 4 is 6.09 Å². The number of carbonyl (C=O) groups excluding carboxylic acids is 1. The smallest absolute Gasteiger partial charge is 0.407 e. The number of alkyl carbamates (subject to hydrolysis) is 1. The van der Waals surface area contributed by atoms with Crippen molar-refractivity contribution in [3.8, 4) is 0 Å². The van der Waals surface area contributed by atoms with Crippen LogP contribution < -0.4 is 10.6 Å². The van der Waals surface area contributed by atoms with E-state index < -0.39 is 5.60 Å². The molecule has 1 aliphatic rings. The SMILES string of the molecule is CC1CC(NC(CNC(=O)OC(C)(C)C)C(C)C)CC(C)(C)C1. The van der Waals surface area contributed by atoms with Crippen molar-refractivity contribution in [1.82, 2.24) is 10.6 Å². The number of hydrogen-bond donors (Lipinski definition) is 2. The van der Waals surface area contributed by atoms with Gasteiger partial charge in [0.25, 0.3) is 0 Å². The van der Waals surface area contributed by atoms with Crippen molar-refractivity contribution in [3.05, 3.63) is 0 Å². The zero-order chi connectivity index (χ0) is 17.8. The van der Waals surface area contributed by atoms with Crippen LogP contribution in [0.15, 0.2) is 0 Å². The number of ether oxygens (including phenoxy) is 1. The zero-order valence-corrected chi connectivity index (χ0v) is 16.5. The second-order valence-electron chi connectivity index (χ2n) is 9.51. The minimum atomic E-state index is -0.451. The maximum absolute atomic E-state index is 11.9. The summed E-state index contributed by atoms with van der Waals surface area (Å²) in [5, 5.41) is 6.71. The molecule has 3 atom stereocenters. The fraction of sp³-hybridized carbons (Fsp3) is 0.947. The fourth-order valence-electron chi connectivity index (χ4n) is 3.77. The lowest BCUT2D eigenvalue weighted by atomic mass is 9.70. The second-order valence-corrected chi connectivity index (χ2v) is 9.51. The highest BCUT2D eigenvalue weighted by molar-refractivity contribution is 5.67. The first-order valence-corrected chi connectivity index (χ1v) is 9.11. The minimum Gasteiger partial charge on any atom is -0.444 e. The lowest BCUT2D eigenvalue weighted by Gasteiger charge is -2.41. The predicted molar refractivity (Wildman–Crippen MR) is 96.6 cm³/mol. The molecule has 1 fully saturated rings. The summed E-state index contributed by atoms with van der Waals surface area (Å²) in [6.07, 6.45) is 3.39. The van der Waals surface area contributed by atoms with Gasteiger partial charge < -0.3 is 15.4 Å². The van der Waals surface area contributed by atoms with E-state index in [1.165, 1.54) is 19.3 Å². The van der Waals surface area contributed by atoms with Crippen LogP contribution in [0.2, 0.25) is 0 Å². The molecule has 0 aromatic rings. The largest absolute Gasteiger partial charge is 0.444 e. The van der Waals surface area contributed by atoms with Gasteiger partial charge in [-0.1, -0.05) is 34.6 Å². The molecule has 0 radical (unpaired) electrons. The van der Waals surface area contributed by atoms with Crippen molar-refractivity contribution in [3.63, 3.8) is 0 Å². The molecule has 0 spiro atoms. The Morgan fingerprint density at radius 1 is 1.26 bits per heavy atom. The molecule has 1 aliphatic carbocycles. The quantitative estimate of drug-likeness (QED) is 0.790. The van der Waals surface area contributed by atoms with Crippen LogP contribution in [-0.2, 0) is 4.74 Å². The molecule has 1 saturated carbocycles. The Kier molecular flexibility index (Phi) is 6.94. The molecule has 0 aliphatic heterocycles. The molecule has 1 amide bonds. The number of nitrogens with one attached hydrogen (secondary N) is 2. The zero-order valence-electron chi connectivity index (χ0n) is 16.5. The molecule has 0 aromatic heterocycles. The van der Waals surface area contributed by atoms with Crippen molar-refractivity contribution in [2.45, 2.75) is 92.3 Å². The first-order valence-electron chi connectivity index (χ1n) is 9.11. The highest BCUT2D eigenvalue weighted by atomic mass is 16.6. The van der Waals surface area contributed by atoms with Crippen LogP contribution in [0.25, 0.3) is 0 Å². The first kappa shape index (κ1) is 20.3. The molecule has 136 valence electrons. The molecule has 4 nitrogen and oxygen atoms in total. The van der Waals surface area contributed by atoms with Crippen LogP contribution in [0.5, 0.6) is 0 Å². The fourth-order valence-corrected chi connectivity index (χ4v) is 3.77. The molecule has 0 heterocycles. The Balaban J connectivity index is 2.54. The number of carbonyl (C=O) groups is 1. The van der Waals surface area contributed by atoms with Gasteiger partial charge >= 0.3 is 6.09 Å². The van der Waals surface area contributed by atoms with Crippen molar-refractivity contribution < 1.29 is 9.53 Å². The molecular formula is C19H38N2O2. The average molecular weight is 327 g/mol. The van der Waals surface area contributed by atoms with Gasteiger partial charge in [0.2, 0.25) is 0 Å². The Bertz CT molecular complexity index is 385. The third-order valence-electron chi connectivity index (χ3n) is 4.51. The Morgan fingerprint density at radius 2 is 1.87 bits per heavy atom. The van der Waals surface area contributed by atoms with Gasteiger partial charge in [-0.05, 0) is 57.3 Å². The summed E-state index contributed by atoms with van der Waals surface area (Å²) >= 11 is 0. The summed E-state index contributed by atoms with van der Waals surface area (Å²) in [6, 6.07) is 0.801. The third-order valence-corrected chi connectivity index (χ3v) is 4.51. The summed E-state index contributed by atoms with van der Waals surface area (Å²) in [7, 11) is 0. The monoisotopic (exact) mass is 326 g/mol. The van der Waals surface area contributed by atoms with Crippen molar-refractivity contribution in [2.75, 3.05) is 6.54 Å². The standard InChI is InChI=1S/C19H38N2O2/c1-13(2)16(12-20-17(22)23-18(4,5)6)21-15-9-14(3)10-19(7,8)11-15/h13-16,21H,9-12H2,1-8H3,(H,20,22). The number of hydrogen-bond acceptors (Lipinski definition) is 3. The van der Waals surface area contributed by atoms with E-state index in [9.17, 15) is 4.79 Å². The molecule has 3 unspecified atom stereocenters. The number of amides is 1. The average Bonchev–Trinajstić information content (AvgIpc) is 2.29. The lowest BCUT2D eigenvalue weighted by Crippen LogP contribution is -2.51. The van der Waals surface area contributed by atoms with Gasteiger partial charge in [-0.3, -0.25) is 0 Å². The van der Waals surface area contributed by atoms with Crippen molar-refractivity contribution in [1.29, 1.82) is 0 Å². The predicted octanol–water partition coefficient (Wildman–Crippen LogP) is 4.34. The summed E-state index contributed by atoms with van der Waals surface area (Å²) in [6.45, 7) is 17.7. The molecule has 1 rings (SSSR count). The summed E-state index contributed by atoms with van der Waals surface area (Å²) in [5.41, 5.74) is -0.0525. The molecular weight excluding hydrogens is 288 g/mol. The van der Waals surface area contributed by atoms with E-state index in [4.69, 9.17) is 4.74 Å². The van der Waals surface area contributed by atoms with Crippen molar-refractivity contribution in [2.24, 2.45) is 17.3 Å². The van der Waals surface area contributed by atoms with Gasteiger partial charge in [0.15, 0.2) is 0 Å². The van der Waals surface area contributed by atoms with Gasteiger partial charge in [0, 0.05) is 18.6 Å². The first-order chi connectivity index (χ1) is 10.4. The van der Waals surface area contributed by atoms with Crippen LogP contribution in [0.4, 0.5) is 4.79 Å². The molecule has 0 bridgehead atoms. The maximum atomic E-state index is 11.9. The van der Waals surface area contributed by atoms with E-state index in [1.807, 2.05) is 20.8 Å². The molecule has 0 aromatic carbocycles. The summed E-state index contributed by atoms with van der Waals surface area (Å²) in [5.74, 6) is 1.22. The van der Waals surface area contributed by atoms with E-state index in [0.29, 0.717) is 23.9 Å². The van der Waals surface area contributed by atoms with Gasteiger partial charge in [0.05, 0.1) is 0 Å². The molecule has 4 heteroatoms.